The van der Waals surface area contributed by atoms with E-state index in [1.54, 1.807) is 29.5 Å². The van der Waals surface area contributed by atoms with Crippen LogP contribution < -0.4 is 0 Å². The smallest absolute Gasteiger partial charge is 0.235 e. The summed E-state index contributed by atoms with van der Waals surface area (Å²) in [6.07, 6.45) is 0. The number of aromatic nitrogens is 2. The van der Waals surface area contributed by atoms with Gasteiger partial charge in [-0.25, -0.2) is 18.4 Å². The summed E-state index contributed by atoms with van der Waals surface area (Å²) in [6.45, 7) is 0. The lowest BCUT2D eigenvalue weighted by Gasteiger charge is -1.87. The molecule has 4 rings (SSSR count). The Hall–Kier alpha value is -0.960. The number of hydrogen-bond acceptors (Lipinski definition) is 6. The van der Waals surface area contributed by atoms with Gasteiger partial charge in [-0.05, 0) is 41.8 Å². The van der Waals surface area contributed by atoms with Crippen LogP contribution in [-0.4, -0.2) is 18.4 Å². The second-order valence-electron chi connectivity index (χ2n) is 4.46. The van der Waals surface area contributed by atoms with Crippen LogP contribution in [0.1, 0.15) is 0 Å². The SMILES string of the molecule is Clc1ccc2sccc2n1.O=S(=O)(Cl)c1cc2nc(Cl)ccc2s1. The molecular weight excluding hydrogens is 431 g/mol. The van der Waals surface area contributed by atoms with E-state index >= 15 is 0 Å². The van der Waals surface area contributed by atoms with E-state index in [4.69, 9.17) is 33.9 Å². The van der Waals surface area contributed by atoms with E-state index in [1.165, 1.54) is 10.8 Å². The zero-order chi connectivity index (χ0) is 17.3. The average Bonchev–Trinajstić information content (AvgIpc) is 3.12. The Kier molecular flexibility index (Phi) is 5.29. The van der Waals surface area contributed by atoms with Crippen molar-refractivity contribution < 1.29 is 8.42 Å². The fraction of sp³-hybridized carbons (Fsp3) is 0. The van der Waals surface area contributed by atoms with Gasteiger partial charge < -0.3 is 0 Å². The number of fused-ring (bicyclic) bond motifs is 2. The van der Waals surface area contributed by atoms with Crippen LogP contribution in [0.5, 0.6) is 0 Å². The monoisotopic (exact) mass is 436 g/mol. The van der Waals surface area contributed by atoms with Crippen LogP contribution in [0.3, 0.4) is 0 Å². The summed E-state index contributed by atoms with van der Waals surface area (Å²) in [6, 6.07) is 10.5. The minimum Gasteiger partial charge on any atom is -0.235 e. The summed E-state index contributed by atoms with van der Waals surface area (Å²) in [5.74, 6) is 0. The van der Waals surface area contributed by atoms with Gasteiger partial charge in [-0.1, -0.05) is 23.2 Å². The second-order valence-corrected chi connectivity index (χ2v) is 10.1. The highest BCUT2D eigenvalue weighted by Crippen LogP contribution is 2.30. The number of nitrogens with zero attached hydrogens (tertiary/aromatic N) is 2. The van der Waals surface area contributed by atoms with Gasteiger partial charge in [-0.15, -0.1) is 22.7 Å². The van der Waals surface area contributed by atoms with E-state index < -0.39 is 9.05 Å². The Bertz CT molecular complexity index is 1120. The number of rotatable bonds is 1. The largest absolute Gasteiger partial charge is 0.270 e. The molecule has 0 saturated heterocycles. The molecule has 0 atom stereocenters. The van der Waals surface area contributed by atoms with E-state index in [-0.39, 0.29) is 4.21 Å². The summed E-state index contributed by atoms with van der Waals surface area (Å²) < 4.78 is 24.0. The molecule has 10 heteroatoms. The van der Waals surface area contributed by atoms with Crippen LogP contribution in [-0.2, 0) is 9.05 Å². The van der Waals surface area contributed by atoms with Crippen molar-refractivity contribution in [2.75, 3.05) is 0 Å². The van der Waals surface area contributed by atoms with Crippen molar-refractivity contribution in [3.8, 4) is 0 Å². The van der Waals surface area contributed by atoms with Gasteiger partial charge in [0.25, 0.3) is 9.05 Å². The predicted molar refractivity (Wildman–Crippen MR) is 102 cm³/mol. The topological polar surface area (TPSA) is 59.9 Å². The Morgan fingerprint density at radius 3 is 2.17 bits per heavy atom. The molecule has 0 radical (unpaired) electrons. The Morgan fingerprint density at radius 2 is 1.50 bits per heavy atom. The van der Waals surface area contributed by atoms with Gasteiger partial charge in [0.1, 0.15) is 14.5 Å². The van der Waals surface area contributed by atoms with Gasteiger partial charge in [-0.3, -0.25) is 0 Å². The molecule has 0 aliphatic carbocycles. The van der Waals surface area contributed by atoms with E-state index in [2.05, 4.69) is 9.97 Å². The van der Waals surface area contributed by atoms with Crippen molar-refractivity contribution in [2.24, 2.45) is 0 Å². The third-order valence-electron chi connectivity index (χ3n) is 2.83. The lowest BCUT2D eigenvalue weighted by atomic mass is 10.4. The van der Waals surface area contributed by atoms with Gasteiger partial charge >= 0.3 is 0 Å². The minimum atomic E-state index is -3.67. The molecule has 0 unspecified atom stereocenters. The van der Waals surface area contributed by atoms with E-state index in [1.807, 2.05) is 17.5 Å². The standard InChI is InChI=1S/C7H3Cl2NO2S2.C7H4ClNS/c8-6-2-1-5-4(10-6)3-7(13-5)14(9,11)12;8-7-2-1-6-5(9-7)3-4-10-6/h1-3H;1-4H. The molecule has 4 nitrogen and oxygen atoms in total. The average molecular weight is 438 g/mol. The minimum absolute atomic E-state index is 0.0870. The molecule has 0 saturated carbocycles. The molecule has 0 spiro atoms. The summed E-state index contributed by atoms with van der Waals surface area (Å²) in [7, 11) is 1.52. The molecule has 0 aromatic carbocycles. The molecule has 4 aromatic rings. The number of pyridine rings is 2. The number of halogens is 3. The van der Waals surface area contributed by atoms with Crippen LogP contribution in [0.2, 0.25) is 10.3 Å². The molecule has 4 heterocycles. The third-order valence-corrected chi connectivity index (χ3v) is 7.29. The summed E-state index contributed by atoms with van der Waals surface area (Å²) in [5.41, 5.74) is 1.53. The zero-order valence-corrected chi connectivity index (χ0v) is 16.3. The molecule has 0 bridgehead atoms. The molecular formula is C14H7Cl3N2O2S3. The maximum atomic E-state index is 11.0. The van der Waals surface area contributed by atoms with Gasteiger partial charge in [0.15, 0.2) is 0 Å². The van der Waals surface area contributed by atoms with Crippen molar-refractivity contribution in [2.45, 2.75) is 4.21 Å². The van der Waals surface area contributed by atoms with Crippen LogP contribution in [0.4, 0.5) is 0 Å². The van der Waals surface area contributed by atoms with Gasteiger partial charge in [0.05, 0.1) is 20.4 Å². The maximum absolute atomic E-state index is 11.0. The first-order valence-corrected chi connectivity index (χ1v) is 11.1. The Labute approximate surface area is 160 Å². The van der Waals surface area contributed by atoms with Gasteiger partial charge in [-0.2, -0.15) is 0 Å². The molecule has 24 heavy (non-hydrogen) atoms. The lowest BCUT2D eigenvalue weighted by molar-refractivity contribution is 0.611. The highest BCUT2D eigenvalue weighted by atomic mass is 35.7. The fourth-order valence-electron chi connectivity index (χ4n) is 1.82. The van der Waals surface area contributed by atoms with E-state index in [0.29, 0.717) is 15.8 Å². The molecule has 0 N–H and O–H groups in total. The molecule has 124 valence electrons. The number of hydrogen-bond donors (Lipinski definition) is 0. The first kappa shape index (κ1) is 17.8. The van der Waals surface area contributed by atoms with Crippen molar-refractivity contribution in [3.05, 3.63) is 52.1 Å². The highest BCUT2D eigenvalue weighted by Gasteiger charge is 2.14. The van der Waals surface area contributed by atoms with Crippen molar-refractivity contribution >= 4 is 86.0 Å². The summed E-state index contributed by atoms with van der Waals surface area (Å²) >= 11 is 14.1. The molecule has 0 aliphatic heterocycles. The van der Waals surface area contributed by atoms with Gasteiger partial charge in [0.2, 0.25) is 0 Å². The lowest BCUT2D eigenvalue weighted by Crippen LogP contribution is -1.83. The van der Waals surface area contributed by atoms with E-state index in [0.717, 1.165) is 21.6 Å². The van der Waals surface area contributed by atoms with Crippen LogP contribution in [0.25, 0.3) is 20.4 Å². The first-order chi connectivity index (χ1) is 11.3. The normalized spacial score (nSPS) is 11.5. The molecule has 0 aliphatic rings. The summed E-state index contributed by atoms with van der Waals surface area (Å²) in [5, 5.41) is 2.90. The Balaban J connectivity index is 0.000000149. The number of thiophene rings is 2. The molecule has 0 fully saturated rings. The Morgan fingerprint density at radius 1 is 0.875 bits per heavy atom. The maximum Gasteiger partial charge on any atom is 0.270 e. The molecule has 4 aromatic heterocycles. The predicted octanol–water partition coefficient (Wildman–Crippen LogP) is 5.83. The van der Waals surface area contributed by atoms with Crippen LogP contribution in [0.15, 0.2) is 46.0 Å². The van der Waals surface area contributed by atoms with Crippen molar-refractivity contribution in [1.29, 1.82) is 0 Å². The highest BCUT2D eigenvalue weighted by molar-refractivity contribution is 8.15. The molecule has 0 amide bonds. The first-order valence-electron chi connectivity index (χ1n) is 6.33. The second kappa shape index (κ2) is 7.11. The van der Waals surface area contributed by atoms with Crippen molar-refractivity contribution in [3.63, 3.8) is 0 Å². The quantitative estimate of drug-likeness (QED) is 0.278. The van der Waals surface area contributed by atoms with Crippen molar-refractivity contribution in [1.82, 2.24) is 9.97 Å². The van der Waals surface area contributed by atoms with E-state index in [9.17, 15) is 8.42 Å². The van der Waals surface area contributed by atoms with Crippen LogP contribution in [0, 0.1) is 0 Å². The summed E-state index contributed by atoms with van der Waals surface area (Å²) in [4.78, 5) is 8.07. The zero-order valence-electron chi connectivity index (χ0n) is 11.6. The fourth-order valence-corrected chi connectivity index (χ4v) is 4.93. The van der Waals surface area contributed by atoms with Gasteiger partial charge in [0, 0.05) is 10.7 Å². The third kappa shape index (κ3) is 4.17. The van der Waals surface area contributed by atoms with Crippen LogP contribution >= 0.6 is 56.6 Å².